The molecule has 1 aromatic carbocycles. The van der Waals surface area contributed by atoms with E-state index in [0.717, 1.165) is 16.7 Å². The molecule has 0 fully saturated rings. The summed E-state index contributed by atoms with van der Waals surface area (Å²) in [7, 11) is 0. The third-order valence-corrected chi connectivity index (χ3v) is 5.89. The van der Waals surface area contributed by atoms with Gasteiger partial charge in [0.1, 0.15) is 0 Å². The summed E-state index contributed by atoms with van der Waals surface area (Å²) in [4.78, 5) is 31.4. The molecule has 2 aromatic heterocycles. The summed E-state index contributed by atoms with van der Waals surface area (Å²) in [5, 5.41) is 7.28. The molecule has 0 saturated heterocycles. The van der Waals surface area contributed by atoms with E-state index in [2.05, 4.69) is 49.8 Å². The minimum atomic E-state index is -0.296. The quantitative estimate of drug-likeness (QED) is 0.721. The average Bonchev–Trinajstić information content (AvgIpc) is 3.19. The molecule has 1 aliphatic heterocycles. The number of pyridine rings is 1. The van der Waals surface area contributed by atoms with Gasteiger partial charge in [-0.05, 0) is 68.0 Å². The first-order valence-electron chi connectivity index (χ1n) is 8.57. The fourth-order valence-corrected chi connectivity index (χ4v) is 3.78. The molecule has 6 heteroatoms. The number of rotatable bonds is 2. The third kappa shape index (κ3) is 2.05. The molecular weight excluding hydrogens is 328 g/mol. The molecule has 0 spiro atoms. The Bertz CT molecular complexity index is 1080. The van der Waals surface area contributed by atoms with E-state index >= 15 is 0 Å². The van der Waals surface area contributed by atoms with Crippen molar-refractivity contribution < 1.29 is 9.59 Å². The SMILES string of the molecule is Cc1c(C)c(C)c(CN2C(=O)c3cnc4[nH]ncc4c3C2=O)c(C)c1C. The van der Waals surface area contributed by atoms with Crippen molar-refractivity contribution in [1.82, 2.24) is 20.1 Å². The molecule has 3 heterocycles. The molecule has 0 atom stereocenters. The smallest absolute Gasteiger partial charge is 0.263 e. The van der Waals surface area contributed by atoms with Crippen LogP contribution in [0, 0.1) is 34.6 Å². The molecule has 132 valence electrons. The van der Waals surface area contributed by atoms with E-state index in [1.165, 1.54) is 27.8 Å². The Kier molecular flexibility index (Phi) is 3.47. The fourth-order valence-electron chi connectivity index (χ4n) is 3.78. The van der Waals surface area contributed by atoms with Crippen molar-refractivity contribution in [2.24, 2.45) is 0 Å². The van der Waals surface area contributed by atoms with E-state index in [4.69, 9.17) is 0 Å². The molecule has 2 amide bonds. The lowest BCUT2D eigenvalue weighted by atomic mass is 9.89. The highest BCUT2D eigenvalue weighted by Gasteiger charge is 2.38. The van der Waals surface area contributed by atoms with Crippen molar-refractivity contribution in [2.45, 2.75) is 41.2 Å². The van der Waals surface area contributed by atoms with Crippen LogP contribution in [0.5, 0.6) is 0 Å². The van der Waals surface area contributed by atoms with Gasteiger partial charge in [0.25, 0.3) is 11.8 Å². The normalized spacial score (nSPS) is 13.8. The maximum absolute atomic E-state index is 13.0. The number of aromatic amines is 1. The minimum Gasteiger partial charge on any atom is -0.270 e. The molecule has 0 saturated carbocycles. The number of nitrogens with one attached hydrogen (secondary N) is 1. The number of aromatic nitrogens is 3. The van der Waals surface area contributed by atoms with E-state index in [0.29, 0.717) is 22.2 Å². The number of carbonyl (C=O) groups is 2. The Morgan fingerprint density at radius 2 is 1.50 bits per heavy atom. The predicted octanol–water partition coefficient (Wildman–Crippen LogP) is 3.30. The predicted molar refractivity (Wildman–Crippen MR) is 98.2 cm³/mol. The van der Waals surface area contributed by atoms with Gasteiger partial charge in [-0.3, -0.25) is 19.6 Å². The third-order valence-electron chi connectivity index (χ3n) is 5.89. The second-order valence-electron chi connectivity index (χ2n) is 6.98. The summed E-state index contributed by atoms with van der Waals surface area (Å²) < 4.78 is 0. The largest absolute Gasteiger partial charge is 0.270 e. The van der Waals surface area contributed by atoms with E-state index in [-0.39, 0.29) is 18.4 Å². The maximum Gasteiger partial charge on any atom is 0.263 e. The Morgan fingerprint density at radius 1 is 0.885 bits per heavy atom. The summed E-state index contributed by atoms with van der Waals surface area (Å²) >= 11 is 0. The van der Waals surface area contributed by atoms with Crippen LogP contribution in [-0.2, 0) is 6.54 Å². The van der Waals surface area contributed by atoms with E-state index in [1.54, 1.807) is 6.20 Å². The highest BCUT2D eigenvalue weighted by Crippen LogP contribution is 2.32. The number of carbonyl (C=O) groups excluding carboxylic acids is 2. The molecule has 0 radical (unpaired) electrons. The van der Waals surface area contributed by atoms with Crippen LogP contribution in [0.4, 0.5) is 0 Å². The molecule has 0 bridgehead atoms. The summed E-state index contributed by atoms with van der Waals surface area (Å²) in [5.74, 6) is -0.580. The van der Waals surface area contributed by atoms with Crippen LogP contribution >= 0.6 is 0 Å². The first-order chi connectivity index (χ1) is 12.3. The van der Waals surface area contributed by atoms with Gasteiger partial charge in [-0.25, -0.2) is 4.98 Å². The number of benzene rings is 1. The number of hydrogen-bond donors (Lipinski definition) is 1. The standard InChI is InChI=1S/C20H20N4O2/c1-9-10(2)12(4)16(13(5)11(9)3)8-24-19(25)15-6-21-18-14(7-22-23-18)17(15)20(24)26/h6-7H,8H2,1-5H3,(H,21,22,23). The van der Waals surface area contributed by atoms with Crippen molar-refractivity contribution in [1.29, 1.82) is 0 Å². The fraction of sp³-hybridized carbons (Fsp3) is 0.300. The van der Waals surface area contributed by atoms with Crippen LogP contribution in [0.25, 0.3) is 11.0 Å². The number of nitrogens with zero attached hydrogens (tertiary/aromatic N) is 3. The summed E-state index contributed by atoms with van der Waals surface area (Å²) in [6.07, 6.45) is 3.01. The number of amides is 2. The van der Waals surface area contributed by atoms with Gasteiger partial charge < -0.3 is 0 Å². The van der Waals surface area contributed by atoms with Crippen molar-refractivity contribution in [3.05, 3.63) is 56.9 Å². The summed E-state index contributed by atoms with van der Waals surface area (Å²) in [6, 6.07) is 0. The van der Waals surface area contributed by atoms with Crippen LogP contribution in [0.1, 0.15) is 54.1 Å². The van der Waals surface area contributed by atoms with Crippen molar-refractivity contribution in [3.8, 4) is 0 Å². The molecule has 26 heavy (non-hydrogen) atoms. The lowest BCUT2D eigenvalue weighted by molar-refractivity contribution is 0.0642. The number of H-pyrrole nitrogens is 1. The first kappa shape index (κ1) is 16.4. The second kappa shape index (κ2) is 5.49. The van der Waals surface area contributed by atoms with Crippen molar-refractivity contribution in [3.63, 3.8) is 0 Å². The van der Waals surface area contributed by atoms with Gasteiger partial charge in [-0.2, -0.15) is 5.10 Å². The van der Waals surface area contributed by atoms with Gasteiger partial charge in [0.05, 0.1) is 29.3 Å². The monoisotopic (exact) mass is 348 g/mol. The molecule has 6 nitrogen and oxygen atoms in total. The van der Waals surface area contributed by atoms with Gasteiger partial charge >= 0.3 is 0 Å². The van der Waals surface area contributed by atoms with Gasteiger partial charge in [0, 0.05) is 6.20 Å². The van der Waals surface area contributed by atoms with Crippen LogP contribution < -0.4 is 0 Å². The highest BCUT2D eigenvalue weighted by atomic mass is 16.2. The lowest BCUT2D eigenvalue weighted by Crippen LogP contribution is -2.30. The zero-order chi connectivity index (χ0) is 18.7. The topological polar surface area (TPSA) is 79.0 Å². The Balaban J connectivity index is 1.82. The van der Waals surface area contributed by atoms with Crippen LogP contribution in [0.2, 0.25) is 0 Å². The van der Waals surface area contributed by atoms with E-state index in [1.807, 2.05) is 0 Å². The number of imide groups is 1. The second-order valence-corrected chi connectivity index (χ2v) is 6.98. The highest BCUT2D eigenvalue weighted by molar-refractivity contribution is 6.25. The molecule has 3 aromatic rings. The minimum absolute atomic E-state index is 0.269. The summed E-state index contributed by atoms with van der Waals surface area (Å²) in [5.41, 5.74) is 8.23. The zero-order valence-corrected chi connectivity index (χ0v) is 15.5. The van der Waals surface area contributed by atoms with Crippen LogP contribution in [0.15, 0.2) is 12.4 Å². The molecule has 0 aliphatic carbocycles. The lowest BCUT2D eigenvalue weighted by Gasteiger charge is -2.22. The van der Waals surface area contributed by atoms with Gasteiger partial charge in [0.15, 0.2) is 5.65 Å². The van der Waals surface area contributed by atoms with Gasteiger partial charge in [0.2, 0.25) is 0 Å². The van der Waals surface area contributed by atoms with Crippen LogP contribution in [-0.4, -0.2) is 31.9 Å². The first-order valence-corrected chi connectivity index (χ1v) is 8.57. The van der Waals surface area contributed by atoms with E-state index < -0.39 is 0 Å². The van der Waals surface area contributed by atoms with Crippen molar-refractivity contribution >= 4 is 22.8 Å². The average molecular weight is 348 g/mol. The molecule has 0 unspecified atom stereocenters. The Hall–Kier alpha value is -3.02. The number of hydrogen-bond acceptors (Lipinski definition) is 4. The molecule has 4 rings (SSSR count). The van der Waals surface area contributed by atoms with Crippen molar-refractivity contribution in [2.75, 3.05) is 0 Å². The number of fused-ring (bicyclic) bond motifs is 3. The molecular formula is C20H20N4O2. The Labute approximate surface area is 151 Å². The maximum atomic E-state index is 13.0. The molecule has 1 N–H and O–H groups in total. The van der Waals surface area contributed by atoms with Gasteiger partial charge in [-0.1, -0.05) is 0 Å². The summed E-state index contributed by atoms with van der Waals surface area (Å²) in [6.45, 7) is 10.7. The zero-order valence-electron chi connectivity index (χ0n) is 15.5. The van der Waals surface area contributed by atoms with Crippen LogP contribution in [0.3, 0.4) is 0 Å². The van der Waals surface area contributed by atoms with Gasteiger partial charge in [-0.15, -0.1) is 0 Å². The Morgan fingerprint density at radius 3 is 2.15 bits per heavy atom. The molecule has 1 aliphatic rings. The van der Waals surface area contributed by atoms with E-state index in [9.17, 15) is 9.59 Å².